The maximum Gasteiger partial charge on any atom is 0.253 e. The van der Waals surface area contributed by atoms with Crippen LogP contribution in [-0.2, 0) is 14.8 Å². The fourth-order valence-corrected chi connectivity index (χ4v) is 3.49. The van der Waals surface area contributed by atoms with E-state index in [0.717, 1.165) is 24.7 Å². The van der Waals surface area contributed by atoms with Crippen LogP contribution in [0, 0.1) is 12.8 Å². The average molecular weight is 367 g/mol. The molecular weight excluding hydrogens is 342 g/mol. The van der Waals surface area contributed by atoms with E-state index in [2.05, 4.69) is 10.0 Å². The number of nitrogens with one attached hydrogen (secondary N) is 2. The quantitative estimate of drug-likeness (QED) is 0.821. The van der Waals surface area contributed by atoms with Crippen LogP contribution in [-0.4, -0.2) is 51.0 Å². The smallest absolute Gasteiger partial charge is 0.253 e. The first-order valence-electron chi connectivity index (χ1n) is 8.28. The van der Waals surface area contributed by atoms with Crippen LogP contribution < -0.4 is 10.0 Å². The molecule has 8 heteroatoms. The van der Waals surface area contributed by atoms with Crippen molar-refractivity contribution in [3.8, 4) is 0 Å². The van der Waals surface area contributed by atoms with Crippen molar-refractivity contribution in [2.75, 3.05) is 31.2 Å². The van der Waals surface area contributed by atoms with Crippen LogP contribution in [0.4, 0.5) is 5.69 Å². The van der Waals surface area contributed by atoms with E-state index >= 15 is 0 Å². The summed E-state index contributed by atoms with van der Waals surface area (Å²) in [6.07, 6.45) is 2.86. The predicted octanol–water partition coefficient (Wildman–Crippen LogP) is 1.35. The zero-order chi connectivity index (χ0) is 18.6. The van der Waals surface area contributed by atoms with Crippen LogP contribution in [0.3, 0.4) is 0 Å². The van der Waals surface area contributed by atoms with Gasteiger partial charge in [0, 0.05) is 37.8 Å². The minimum absolute atomic E-state index is 0.101. The number of sulfonamides is 1. The zero-order valence-corrected chi connectivity index (χ0v) is 15.6. The van der Waals surface area contributed by atoms with Gasteiger partial charge < -0.3 is 10.2 Å². The lowest BCUT2D eigenvalue weighted by atomic mass is 9.97. The van der Waals surface area contributed by atoms with Crippen molar-refractivity contribution in [2.24, 2.45) is 5.92 Å². The summed E-state index contributed by atoms with van der Waals surface area (Å²) in [7, 11) is -3.23. The first kappa shape index (κ1) is 19.4. The fourth-order valence-electron chi connectivity index (χ4n) is 2.95. The maximum atomic E-state index is 12.8. The maximum absolute atomic E-state index is 12.8. The van der Waals surface area contributed by atoms with Gasteiger partial charge in [0.2, 0.25) is 15.9 Å². The van der Waals surface area contributed by atoms with Crippen molar-refractivity contribution >= 4 is 27.5 Å². The predicted molar refractivity (Wildman–Crippen MR) is 97.0 cm³/mol. The molecule has 138 valence electrons. The number of benzene rings is 1. The van der Waals surface area contributed by atoms with E-state index in [4.69, 9.17) is 0 Å². The number of hydrogen-bond donors (Lipinski definition) is 2. The molecule has 1 atom stereocenters. The Labute approximate surface area is 148 Å². The number of anilines is 1. The van der Waals surface area contributed by atoms with Gasteiger partial charge in [-0.1, -0.05) is 6.07 Å². The second kappa shape index (κ2) is 7.97. The molecule has 1 heterocycles. The number of piperidine rings is 1. The average Bonchev–Trinajstić information content (AvgIpc) is 2.53. The van der Waals surface area contributed by atoms with E-state index in [0.29, 0.717) is 30.9 Å². The topological polar surface area (TPSA) is 95.6 Å². The SMILES string of the molecule is CC(=O)Nc1cc(C(=O)N2CCC[C@H](CNS(C)(=O)=O)C2)ccc1C. The number of rotatable bonds is 5. The summed E-state index contributed by atoms with van der Waals surface area (Å²) in [5, 5.41) is 2.73. The summed E-state index contributed by atoms with van der Waals surface area (Å²) in [4.78, 5) is 25.8. The first-order valence-corrected chi connectivity index (χ1v) is 10.2. The Morgan fingerprint density at radius 3 is 2.68 bits per heavy atom. The summed E-state index contributed by atoms with van der Waals surface area (Å²) in [6.45, 7) is 4.81. The summed E-state index contributed by atoms with van der Waals surface area (Å²) < 4.78 is 25.0. The molecule has 1 aromatic carbocycles. The first-order chi connectivity index (χ1) is 11.7. The molecular formula is C17H25N3O4S. The number of likely N-dealkylation sites (tertiary alicyclic amines) is 1. The Morgan fingerprint density at radius 1 is 1.32 bits per heavy atom. The molecule has 1 aromatic rings. The van der Waals surface area contributed by atoms with E-state index in [1.54, 1.807) is 17.0 Å². The molecule has 2 amide bonds. The largest absolute Gasteiger partial charge is 0.338 e. The molecule has 1 aliphatic heterocycles. The second-order valence-corrected chi connectivity index (χ2v) is 8.42. The summed E-state index contributed by atoms with van der Waals surface area (Å²) >= 11 is 0. The van der Waals surface area contributed by atoms with Gasteiger partial charge in [-0.05, 0) is 43.4 Å². The Kier molecular flexibility index (Phi) is 6.18. The van der Waals surface area contributed by atoms with Gasteiger partial charge in [0.15, 0.2) is 0 Å². The van der Waals surface area contributed by atoms with Crippen molar-refractivity contribution in [3.63, 3.8) is 0 Å². The van der Waals surface area contributed by atoms with Crippen LogP contribution in [0.25, 0.3) is 0 Å². The lowest BCUT2D eigenvalue weighted by Gasteiger charge is -2.33. The highest BCUT2D eigenvalue weighted by molar-refractivity contribution is 7.88. The molecule has 0 unspecified atom stereocenters. The minimum Gasteiger partial charge on any atom is -0.338 e. The molecule has 0 aromatic heterocycles. The molecule has 0 saturated carbocycles. The highest BCUT2D eigenvalue weighted by Gasteiger charge is 2.25. The van der Waals surface area contributed by atoms with E-state index in [9.17, 15) is 18.0 Å². The lowest BCUT2D eigenvalue weighted by molar-refractivity contribution is -0.114. The Bertz CT molecular complexity index is 761. The molecule has 1 fully saturated rings. The Balaban J connectivity index is 2.07. The molecule has 2 N–H and O–H groups in total. The van der Waals surface area contributed by atoms with Gasteiger partial charge in [0.25, 0.3) is 5.91 Å². The van der Waals surface area contributed by atoms with Crippen molar-refractivity contribution in [1.82, 2.24) is 9.62 Å². The number of carbonyl (C=O) groups is 2. The molecule has 0 spiro atoms. The van der Waals surface area contributed by atoms with Crippen LogP contribution in [0.15, 0.2) is 18.2 Å². The van der Waals surface area contributed by atoms with Gasteiger partial charge >= 0.3 is 0 Å². The molecule has 1 aliphatic rings. The standard InChI is InChI=1S/C17H25N3O4S/c1-12-6-7-15(9-16(12)19-13(2)21)17(22)20-8-4-5-14(11-20)10-18-25(3,23)24/h6-7,9,14,18H,4-5,8,10-11H2,1-3H3,(H,19,21)/t14-/m1/s1. The molecule has 0 bridgehead atoms. The van der Waals surface area contributed by atoms with Gasteiger partial charge in [0.1, 0.15) is 0 Å². The third kappa shape index (κ3) is 5.82. The van der Waals surface area contributed by atoms with E-state index in [-0.39, 0.29) is 17.7 Å². The number of aryl methyl sites for hydroxylation is 1. The molecule has 1 saturated heterocycles. The molecule has 0 radical (unpaired) electrons. The lowest BCUT2D eigenvalue weighted by Crippen LogP contribution is -2.43. The number of nitrogens with zero attached hydrogens (tertiary/aromatic N) is 1. The normalized spacial score (nSPS) is 18.0. The van der Waals surface area contributed by atoms with Gasteiger partial charge in [-0.15, -0.1) is 0 Å². The van der Waals surface area contributed by atoms with Gasteiger partial charge in [-0.25, -0.2) is 13.1 Å². The summed E-state index contributed by atoms with van der Waals surface area (Å²) in [5.41, 5.74) is 2.04. The molecule has 0 aliphatic carbocycles. The van der Waals surface area contributed by atoms with Crippen LogP contribution in [0.1, 0.15) is 35.7 Å². The van der Waals surface area contributed by atoms with Crippen LogP contribution in [0.5, 0.6) is 0 Å². The fraction of sp³-hybridized carbons (Fsp3) is 0.529. The number of carbonyl (C=O) groups excluding carboxylic acids is 2. The number of amides is 2. The van der Waals surface area contributed by atoms with Crippen molar-refractivity contribution < 1.29 is 18.0 Å². The van der Waals surface area contributed by atoms with E-state index in [1.807, 2.05) is 13.0 Å². The Hall–Kier alpha value is -1.93. The summed E-state index contributed by atoms with van der Waals surface area (Å²) in [6, 6.07) is 5.25. The summed E-state index contributed by atoms with van der Waals surface area (Å²) in [5.74, 6) is -0.180. The van der Waals surface area contributed by atoms with Crippen molar-refractivity contribution in [2.45, 2.75) is 26.7 Å². The number of hydrogen-bond acceptors (Lipinski definition) is 4. The van der Waals surface area contributed by atoms with E-state index < -0.39 is 10.0 Å². The Morgan fingerprint density at radius 2 is 2.04 bits per heavy atom. The van der Waals surface area contributed by atoms with Gasteiger partial charge in [-0.2, -0.15) is 0 Å². The van der Waals surface area contributed by atoms with Crippen LogP contribution >= 0.6 is 0 Å². The zero-order valence-electron chi connectivity index (χ0n) is 14.8. The third-order valence-electron chi connectivity index (χ3n) is 4.24. The highest BCUT2D eigenvalue weighted by Crippen LogP contribution is 2.22. The molecule has 25 heavy (non-hydrogen) atoms. The highest BCUT2D eigenvalue weighted by atomic mass is 32.2. The minimum atomic E-state index is -3.23. The monoisotopic (exact) mass is 367 g/mol. The second-order valence-electron chi connectivity index (χ2n) is 6.59. The third-order valence-corrected chi connectivity index (χ3v) is 4.93. The van der Waals surface area contributed by atoms with Crippen LogP contribution in [0.2, 0.25) is 0 Å². The van der Waals surface area contributed by atoms with Gasteiger partial charge in [0.05, 0.1) is 6.26 Å². The van der Waals surface area contributed by atoms with Gasteiger partial charge in [-0.3, -0.25) is 9.59 Å². The molecule has 7 nitrogen and oxygen atoms in total. The van der Waals surface area contributed by atoms with E-state index in [1.165, 1.54) is 6.92 Å². The molecule has 2 rings (SSSR count). The van der Waals surface area contributed by atoms with Crippen molar-refractivity contribution in [1.29, 1.82) is 0 Å². The van der Waals surface area contributed by atoms with Crippen molar-refractivity contribution in [3.05, 3.63) is 29.3 Å².